The fourth-order valence-corrected chi connectivity index (χ4v) is 3.23. The van der Waals surface area contributed by atoms with E-state index in [9.17, 15) is 9.18 Å². The number of hydrogen-bond acceptors (Lipinski definition) is 2. The van der Waals surface area contributed by atoms with Crippen molar-refractivity contribution in [1.82, 2.24) is 10.6 Å². The van der Waals surface area contributed by atoms with Gasteiger partial charge in [0, 0.05) is 6.54 Å². The Balaban J connectivity index is 1.70. The van der Waals surface area contributed by atoms with Crippen LogP contribution in [0.3, 0.4) is 0 Å². The number of benzene rings is 2. The third-order valence-corrected chi connectivity index (χ3v) is 5.00. The molecule has 0 aromatic heterocycles. The van der Waals surface area contributed by atoms with Gasteiger partial charge < -0.3 is 10.6 Å². The van der Waals surface area contributed by atoms with Gasteiger partial charge in [0.25, 0.3) is 5.91 Å². The van der Waals surface area contributed by atoms with Gasteiger partial charge in [-0.2, -0.15) is 0 Å². The van der Waals surface area contributed by atoms with Gasteiger partial charge in [0.05, 0.1) is 5.56 Å². The summed E-state index contributed by atoms with van der Waals surface area (Å²) in [7, 11) is 0. The van der Waals surface area contributed by atoms with Crippen molar-refractivity contribution < 1.29 is 9.18 Å². The van der Waals surface area contributed by atoms with E-state index in [-0.39, 0.29) is 11.5 Å². The Hall–Kier alpha value is -2.20. The fourth-order valence-electron chi connectivity index (χ4n) is 3.23. The first-order chi connectivity index (χ1) is 12.0. The van der Waals surface area contributed by atoms with Crippen molar-refractivity contribution in [3.8, 4) is 11.1 Å². The molecule has 0 spiro atoms. The first-order valence-corrected chi connectivity index (χ1v) is 8.90. The highest BCUT2D eigenvalue weighted by atomic mass is 19.1. The summed E-state index contributed by atoms with van der Waals surface area (Å²) in [5.41, 5.74) is 4.23. The van der Waals surface area contributed by atoms with Gasteiger partial charge in [-0.3, -0.25) is 4.79 Å². The third kappa shape index (κ3) is 4.26. The number of nitrogens with one attached hydrogen (secondary N) is 2. The van der Waals surface area contributed by atoms with Crippen LogP contribution in [0.25, 0.3) is 11.1 Å². The maximum atomic E-state index is 14.5. The number of aryl methyl sites for hydroxylation is 2. The Bertz CT molecular complexity index is 766. The van der Waals surface area contributed by atoms with E-state index in [0.717, 1.165) is 37.1 Å². The van der Waals surface area contributed by atoms with Gasteiger partial charge in [0.15, 0.2) is 0 Å². The summed E-state index contributed by atoms with van der Waals surface area (Å²) in [6.45, 7) is 6.63. The van der Waals surface area contributed by atoms with Crippen LogP contribution < -0.4 is 10.6 Å². The highest BCUT2D eigenvalue weighted by molar-refractivity contribution is 5.95. The number of piperidine rings is 1. The van der Waals surface area contributed by atoms with Crippen LogP contribution >= 0.6 is 0 Å². The van der Waals surface area contributed by atoms with Gasteiger partial charge >= 0.3 is 0 Å². The smallest absolute Gasteiger partial charge is 0.254 e. The Kier molecular flexibility index (Phi) is 5.49. The van der Waals surface area contributed by atoms with Crippen LogP contribution in [-0.2, 0) is 0 Å². The van der Waals surface area contributed by atoms with Crippen molar-refractivity contribution in [3.05, 3.63) is 58.9 Å². The topological polar surface area (TPSA) is 41.1 Å². The minimum Gasteiger partial charge on any atom is -0.352 e. The third-order valence-electron chi connectivity index (χ3n) is 5.00. The molecule has 25 heavy (non-hydrogen) atoms. The lowest BCUT2D eigenvalue weighted by Gasteiger charge is -2.22. The molecule has 0 radical (unpaired) electrons. The lowest BCUT2D eigenvalue weighted by atomic mass is 9.98. The summed E-state index contributed by atoms with van der Waals surface area (Å²) in [5, 5.41) is 6.18. The number of amides is 1. The van der Waals surface area contributed by atoms with Crippen molar-refractivity contribution in [3.63, 3.8) is 0 Å². The molecule has 1 unspecified atom stereocenters. The molecule has 2 aromatic rings. The minimum atomic E-state index is -0.477. The summed E-state index contributed by atoms with van der Waals surface area (Å²) in [6, 6.07) is 10.9. The molecule has 0 aliphatic carbocycles. The number of halogens is 1. The summed E-state index contributed by atoms with van der Waals surface area (Å²) in [6.07, 6.45) is 2.22. The fraction of sp³-hybridized carbons (Fsp3) is 0.381. The molecule has 1 heterocycles. The van der Waals surface area contributed by atoms with Crippen LogP contribution in [-0.4, -0.2) is 25.5 Å². The van der Waals surface area contributed by atoms with Crippen LogP contribution in [0.1, 0.15) is 34.3 Å². The number of hydrogen-bond donors (Lipinski definition) is 2. The van der Waals surface area contributed by atoms with Gasteiger partial charge in [-0.15, -0.1) is 0 Å². The molecular formula is C21H25FN2O. The normalized spacial score (nSPS) is 17.3. The van der Waals surface area contributed by atoms with Crippen LogP contribution in [0.15, 0.2) is 36.4 Å². The molecule has 1 amide bonds. The molecule has 0 saturated carbocycles. The van der Waals surface area contributed by atoms with Gasteiger partial charge in [-0.1, -0.05) is 24.3 Å². The van der Waals surface area contributed by atoms with E-state index >= 15 is 0 Å². The number of carbonyl (C=O) groups excluding carboxylic acids is 1. The van der Waals surface area contributed by atoms with Crippen LogP contribution in [0.4, 0.5) is 4.39 Å². The van der Waals surface area contributed by atoms with Crippen molar-refractivity contribution >= 4 is 5.91 Å². The van der Waals surface area contributed by atoms with Gasteiger partial charge in [-0.05, 0) is 80.1 Å². The van der Waals surface area contributed by atoms with E-state index < -0.39 is 5.82 Å². The van der Waals surface area contributed by atoms with E-state index in [1.54, 1.807) is 6.07 Å². The summed E-state index contributed by atoms with van der Waals surface area (Å²) in [5.74, 6) is -0.389. The Labute approximate surface area is 148 Å². The number of carbonyl (C=O) groups is 1. The predicted molar refractivity (Wildman–Crippen MR) is 99.2 cm³/mol. The zero-order valence-corrected chi connectivity index (χ0v) is 14.9. The molecule has 1 aliphatic rings. The molecular weight excluding hydrogens is 315 g/mol. The standard InChI is InChI=1S/C21H25FN2O/c1-14-5-6-17(10-15(14)2)18-7-8-19(20(22)11-18)21(25)24-13-16-4-3-9-23-12-16/h5-8,10-11,16,23H,3-4,9,12-13H2,1-2H3,(H,24,25). The van der Waals surface area contributed by atoms with Crippen LogP contribution in [0.2, 0.25) is 0 Å². The molecule has 3 nitrogen and oxygen atoms in total. The average molecular weight is 340 g/mol. The van der Waals surface area contributed by atoms with E-state index in [0.29, 0.717) is 12.5 Å². The van der Waals surface area contributed by atoms with Crippen molar-refractivity contribution in [2.24, 2.45) is 5.92 Å². The zero-order chi connectivity index (χ0) is 17.8. The summed E-state index contributed by atoms with van der Waals surface area (Å²) < 4.78 is 14.5. The molecule has 4 heteroatoms. The molecule has 132 valence electrons. The molecule has 0 bridgehead atoms. The maximum Gasteiger partial charge on any atom is 0.254 e. The first kappa shape index (κ1) is 17.6. The van der Waals surface area contributed by atoms with Crippen LogP contribution in [0.5, 0.6) is 0 Å². The van der Waals surface area contributed by atoms with Crippen molar-refractivity contribution in [2.45, 2.75) is 26.7 Å². The highest BCUT2D eigenvalue weighted by Crippen LogP contribution is 2.24. The second-order valence-corrected chi connectivity index (χ2v) is 6.92. The van der Waals surface area contributed by atoms with Gasteiger partial charge in [0.2, 0.25) is 0 Å². The van der Waals surface area contributed by atoms with Gasteiger partial charge in [0.1, 0.15) is 5.82 Å². The average Bonchev–Trinajstić information content (AvgIpc) is 2.63. The van der Waals surface area contributed by atoms with Crippen LogP contribution in [0, 0.1) is 25.6 Å². The molecule has 1 fully saturated rings. The molecule has 1 saturated heterocycles. The van der Waals surface area contributed by atoms with Crippen molar-refractivity contribution in [2.75, 3.05) is 19.6 Å². The quantitative estimate of drug-likeness (QED) is 0.888. The lowest BCUT2D eigenvalue weighted by molar-refractivity contribution is 0.0941. The van der Waals surface area contributed by atoms with E-state index in [2.05, 4.69) is 17.6 Å². The highest BCUT2D eigenvalue weighted by Gasteiger charge is 2.17. The van der Waals surface area contributed by atoms with Gasteiger partial charge in [-0.25, -0.2) is 4.39 Å². The minimum absolute atomic E-state index is 0.108. The SMILES string of the molecule is Cc1ccc(-c2ccc(C(=O)NCC3CCCNC3)c(F)c2)cc1C. The molecule has 1 atom stereocenters. The second kappa shape index (κ2) is 7.79. The monoisotopic (exact) mass is 340 g/mol. The number of rotatable bonds is 4. The maximum absolute atomic E-state index is 14.5. The van der Waals surface area contributed by atoms with E-state index in [1.165, 1.54) is 17.2 Å². The summed E-state index contributed by atoms with van der Waals surface area (Å²) >= 11 is 0. The van der Waals surface area contributed by atoms with E-state index in [1.807, 2.05) is 31.2 Å². The molecule has 2 N–H and O–H groups in total. The largest absolute Gasteiger partial charge is 0.352 e. The van der Waals surface area contributed by atoms with Crippen molar-refractivity contribution in [1.29, 1.82) is 0 Å². The van der Waals surface area contributed by atoms with E-state index in [4.69, 9.17) is 0 Å². The Morgan fingerprint density at radius 2 is 1.92 bits per heavy atom. The second-order valence-electron chi connectivity index (χ2n) is 6.92. The Morgan fingerprint density at radius 1 is 1.16 bits per heavy atom. The first-order valence-electron chi connectivity index (χ1n) is 8.90. The zero-order valence-electron chi connectivity index (χ0n) is 14.9. The molecule has 1 aliphatic heterocycles. The summed E-state index contributed by atoms with van der Waals surface area (Å²) in [4.78, 5) is 12.3. The lowest BCUT2D eigenvalue weighted by Crippen LogP contribution is -2.38. The Morgan fingerprint density at radius 3 is 2.60 bits per heavy atom. The molecule has 3 rings (SSSR count). The predicted octanol–water partition coefficient (Wildman–Crippen LogP) is 3.84. The molecule has 2 aromatic carbocycles.